The lowest BCUT2D eigenvalue weighted by Gasteiger charge is -2.37. The first-order valence-electron chi connectivity index (χ1n) is 7.56. The van der Waals surface area contributed by atoms with Crippen molar-refractivity contribution < 1.29 is 9.59 Å². The van der Waals surface area contributed by atoms with Crippen molar-refractivity contribution in [1.82, 2.24) is 10.2 Å². The highest BCUT2D eigenvalue weighted by Crippen LogP contribution is 2.31. The van der Waals surface area contributed by atoms with Crippen LogP contribution < -0.4 is 11.1 Å². The fraction of sp³-hybridized carbons (Fsp3) is 0.333. The summed E-state index contributed by atoms with van der Waals surface area (Å²) in [4.78, 5) is 26.6. The number of benzene rings is 1. The van der Waals surface area contributed by atoms with Crippen molar-refractivity contribution in [1.29, 1.82) is 0 Å². The molecular weight excluding hydrogens is 290 g/mol. The van der Waals surface area contributed by atoms with E-state index in [9.17, 15) is 9.59 Å². The second kappa shape index (κ2) is 6.79. The Kier molecular flexibility index (Phi) is 5.01. The number of rotatable bonds is 5. The SMILES string of the molecule is CC(NC(=O)C1(C=O)C=C(N)C=CC1N(C)C)c1ccccc1. The van der Waals surface area contributed by atoms with Crippen molar-refractivity contribution in [3.05, 3.63) is 59.8 Å². The van der Waals surface area contributed by atoms with Crippen molar-refractivity contribution in [3.8, 4) is 0 Å². The van der Waals surface area contributed by atoms with Gasteiger partial charge in [-0.3, -0.25) is 4.79 Å². The Balaban J connectivity index is 2.29. The van der Waals surface area contributed by atoms with Gasteiger partial charge < -0.3 is 20.7 Å². The van der Waals surface area contributed by atoms with Gasteiger partial charge in [-0.2, -0.15) is 0 Å². The Morgan fingerprint density at radius 3 is 2.57 bits per heavy atom. The van der Waals surface area contributed by atoms with E-state index in [1.807, 2.05) is 56.3 Å². The lowest BCUT2D eigenvalue weighted by Crippen LogP contribution is -2.54. The van der Waals surface area contributed by atoms with E-state index in [0.717, 1.165) is 5.56 Å². The van der Waals surface area contributed by atoms with Crippen molar-refractivity contribution in [2.24, 2.45) is 11.1 Å². The molecule has 1 aliphatic carbocycles. The van der Waals surface area contributed by atoms with E-state index in [-0.39, 0.29) is 18.0 Å². The summed E-state index contributed by atoms with van der Waals surface area (Å²) in [7, 11) is 3.66. The van der Waals surface area contributed by atoms with Gasteiger partial charge in [0.25, 0.3) is 0 Å². The molecule has 0 aliphatic heterocycles. The van der Waals surface area contributed by atoms with Gasteiger partial charge in [-0.1, -0.05) is 36.4 Å². The molecule has 2 rings (SSSR count). The summed E-state index contributed by atoms with van der Waals surface area (Å²) in [5.74, 6) is -0.352. The van der Waals surface area contributed by atoms with Crippen molar-refractivity contribution in [3.63, 3.8) is 0 Å². The lowest BCUT2D eigenvalue weighted by molar-refractivity contribution is -0.136. The van der Waals surface area contributed by atoms with Gasteiger partial charge in [-0.15, -0.1) is 0 Å². The number of amides is 1. The van der Waals surface area contributed by atoms with Crippen LogP contribution in [0.3, 0.4) is 0 Å². The number of nitrogens with zero attached hydrogens (tertiary/aromatic N) is 1. The van der Waals surface area contributed by atoms with Crippen LogP contribution in [0.25, 0.3) is 0 Å². The predicted octanol–water partition coefficient (Wildman–Crippen LogP) is 1.39. The second-order valence-electron chi connectivity index (χ2n) is 6.07. The number of hydrogen-bond donors (Lipinski definition) is 2. The molecule has 3 N–H and O–H groups in total. The van der Waals surface area contributed by atoms with Crippen molar-refractivity contribution in [2.45, 2.75) is 19.0 Å². The van der Waals surface area contributed by atoms with Crippen LogP contribution >= 0.6 is 0 Å². The van der Waals surface area contributed by atoms with Crippen LogP contribution in [0.5, 0.6) is 0 Å². The first-order chi connectivity index (χ1) is 10.9. The Morgan fingerprint density at radius 1 is 1.35 bits per heavy atom. The number of carbonyl (C=O) groups excluding carboxylic acids is 2. The molecular formula is C18H23N3O2. The average Bonchev–Trinajstić information content (AvgIpc) is 2.54. The Bertz CT molecular complexity index is 637. The largest absolute Gasteiger partial charge is 0.399 e. The van der Waals surface area contributed by atoms with Gasteiger partial charge in [0.05, 0.1) is 12.1 Å². The third-order valence-electron chi connectivity index (χ3n) is 4.16. The summed E-state index contributed by atoms with van der Waals surface area (Å²) in [6.07, 6.45) is 5.73. The molecule has 1 amide bonds. The van der Waals surface area contributed by atoms with Gasteiger partial charge >= 0.3 is 0 Å². The van der Waals surface area contributed by atoms with Crippen LogP contribution in [-0.2, 0) is 9.59 Å². The summed E-state index contributed by atoms with van der Waals surface area (Å²) >= 11 is 0. The summed E-state index contributed by atoms with van der Waals surface area (Å²) in [5, 5.41) is 2.93. The van der Waals surface area contributed by atoms with E-state index in [1.165, 1.54) is 6.08 Å². The highest BCUT2D eigenvalue weighted by Gasteiger charge is 2.46. The Hall–Kier alpha value is -2.40. The molecule has 5 heteroatoms. The normalized spacial score (nSPS) is 24.9. The summed E-state index contributed by atoms with van der Waals surface area (Å²) in [5.41, 5.74) is 5.91. The molecule has 1 aromatic rings. The monoisotopic (exact) mass is 313 g/mol. The second-order valence-corrected chi connectivity index (χ2v) is 6.07. The number of allylic oxidation sites excluding steroid dienone is 1. The molecule has 0 saturated heterocycles. The summed E-state index contributed by atoms with van der Waals surface area (Å²) < 4.78 is 0. The van der Waals surface area contributed by atoms with Crippen molar-refractivity contribution in [2.75, 3.05) is 14.1 Å². The summed E-state index contributed by atoms with van der Waals surface area (Å²) in [6, 6.07) is 9.04. The molecule has 0 heterocycles. The maximum atomic E-state index is 12.9. The Morgan fingerprint density at radius 2 is 2.00 bits per heavy atom. The number of likely N-dealkylation sites (N-methyl/N-ethyl adjacent to an activating group) is 1. The van der Waals surface area contributed by atoms with Gasteiger partial charge in [-0.25, -0.2) is 0 Å². The van der Waals surface area contributed by atoms with Gasteiger partial charge in [0, 0.05) is 5.70 Å². The third-order valence-corrected chi connectivity index (χ3v) is 4.16. The quantitative estimate of drug-likeness (QED) is 0.636. The van der Waals surface area contributed by atoms with Crippen molar-refractivity contribution >= 4 is 12.2 Å². The van der Waals surface area contributed by atoms with Gasteiger partial charge in [0.1, 0.15) is 11.7 Å². The highest BCUT2D eigenvalue weighted by molar-refractivity contribution is 6.01. The minimum atomic E-state index is -1.33. The minimum absolute atomic E-state index is 0.205. The molecule has 3 atom stereocenters. The molecule has 0 fully saturated rings. The van der Waals surface area contributed by atoms with E-state index in [4.69, 9.17) is 5.73 Å². The number of hydrogen-bond acceptors (Lipinski definition) is 4. The lowest BCUT2D eigenvalue weighted by atomic mass is 9.76. The average molecular weight is 313 g/mol. The highest BCUT2D eigenvalue weighted by atomic mass is 16.2. The van der Waals surface area contributed by atoms with E-state index in [2.05, 4.69) is 5.32 Å². The molecule has 23 heavy (non-hydrogen) atoms. The van der Waals surface area contributed by atoms with E-state index in [0.29, 0.717) is 12.0 Å². The molecule has 5 nitrogen and oxygen atoms in total. The van der Waals surface area contributed by atoms with Crippen LogP contribution in [0.2, 0.25) is 0 Å². The standard InChI is InChI=1S/C18H23N3O2/c1-13(14-7-5-4-6-8-14)20-17(23)18(12-22)11-15(19)9-10-16(18)21(2)3/h4-13,16H,19H2,1-3H3,(H,20,23). The molecule has 1 aliphatic rings. The zero-order valence-corrected chi connectivity index (χ0v) is 13.7. The molecule has 1 aromatic carbocycles. The third kappa shape index (κ3) is 3.35. The van der Waals surface area contributed by atoms with Crippen LogP contribution in [0, 0.1) is 5.41 Å². The first kappa shape index (κ1) is 17.0. The first-order valence-corrected chi connectivity index (χ1v) is 7.56. The van der Waals surface area contributed by atoms with Crippen LogP contribution in [-0.4, -0.2) is 37.2 Å². The van der Waals surface area contributed by atoms with Gasteiger partial charge in [-0.05, 0) is 38.7 Å². The van der Waals surface area contributed by atoms with Crippen LogP contribution in [0.15, 0.2) is 54.3 Å². The van der Waals surface area contributed by atoms with Crippen LogP contribution in [0.4, 0.5) is 0 Å². The van der Waals surface area contributed by atoms with E-state index < -0.39 is 5.41 Å². The maximum absolute atomic E-state index is 12.9. The van der Waals surface area contributed by atoms with Gasteiger partial charge in [0.2, 0.25) is 5.91 Å². The smallest absolute Gasteiger partial charge is 0.239 e. The fourth-order valence-electron chi connectivity index (χ4n) is 2.87. The molecule has 0 saturated carbocycles. The van der Waals surface area contributed by atoms with E-state index in [1.54, 1.807) is 12.2 Å². The molecule has 0 radical (unpaired) electrons. The molecule has 0 bridgehead atoms. The molecule has 0 aromatic heterocycles. The fourth-order valence-corrected chi connectivity index (χ4v) is 2.87. The summed E-state index contributed by atoms with van der Waals surface area (Å²) in [6.45, 7) is 1.89. The van der Waals surface area contributed by atoms with Crippen LogP contribution in [0.1, 0.15) is 18.5 Å². The number of carbonyl (C=O) groups is 2. The molecule has 0 spiro atoms. The van der Waals surface area contributed by atoms with Gasteiger partial charge in [0.15, 0.2) is 0 Å². The Labute approximate surface area is 136 Å². The number of aldehydes is 1. The zero-order valence-electron chi connectivity index (χ0n) is 13.7. The van der Waals surface area contributed by atoms with E-state index >= 15 is 0 Å². The molecule has 3 unspecified atom stereocenters. The predicted molar refractivity (Wildman–Crippen MR) is 90.4 cm³/mol. The maximum Gasteiger partial charge on any atom is 0.239 e. The number of nitrogens with two attached hydrogens (primary N) is 1. The minimum Gasteiger partial charge on any atom is -0.399 e. The number of nitrogens with one attached hydrogen (secondary N) is 1. The molecule has 122 valence electrons. The zero-order chi connectivity index (χ0) is 17.0. The topological polar surface area (TPSA) is 75.4 Å².